The number of amides is 1. The summed E-state index contributed by atoms with van der Waals surface area (Å²) in [5.41, 5.74) is 0.700. The summed E-state index contributed by atoms with van der Waals surface area (Å²) in [6, 6.07) is 6.43. The van der Waals surface area contributed by atoms with Crippen LogP contribution in [0.1, 0.15) is 43.0 Å². The molecule has 0 N–H and O–H groups in total. The quantitative estimate of drug-likeness (QED) is 0.848. The van der Waals surface area contributed by atoms with Gasteiger partial charge >= 0.3 is 0 Å². The highest BCUT2D eigenvalue weighted by molar-refractivity contribution is 5.94. The second-order valence-corrected chi connectivity index (χ2v) is 7.55. The van der Waals surface area contributed by atoms with Crippen molar-refractivity contribution in [3.05, 3.63) is 42.4 Å². The molecule has 0 bridgehead atoms. The summed E-state index contributed by atoms with van der Waals surface area (Å²) in [6.07, 6.45) is 10.1. The average molecular weight is 353 g/mol. The lowest BCUT2D eigenvalue weighted by molar-refractivity contribution is 0.0681. The smallest absolute Gasteiger partial charge is 0.255 e. The molecule has 2 saturated heterocycles. The first-order valence-corrected chi connectivity index (χ1v) is 9.70. The van der Waals surface area contributed by atoms with Gasteiger partial charge in [0.25, 0.3) is 5.91 Å². The lowest BCUT2D eigenvalue weighted by Crippen LogP contribution is -2.39. The van der Waals surface area contributed by atoms with Crippen LogP contribution in [0.2, 0.25) is 0 Å². The highest BCUT2D eigenvalue weighted by Crippen LogP contribution is 2.24. The van der Waals surface area contributed by atoms with Gasteiger partial charge in [0, 0.05) is 50.8 Å². The van der Waals surface area contributed by atoms with Crippen molar-refractivity contribution in [1.29, 1.82) is 0 Å². The molecule has 2 fully saturated rings. The van der Waals surface area contributed by atoms with Crippen molar-refractivity contribution in [3.63, 3.8) is 0 Å². The molecule has 0 saturated carbocycles. The Kier molecular flexibility index (Phi) is 4.91. The number of piperidine rings is 1. The predicted octanol–water partition coefficient (Wildman–Crippen LogP) is 2.82. The molecule has 138 valence electrons. The van der Waals surface area contributed by atoms with Gasteiger partial charge in [-0.2, -0.15) is 5.10 Å². The van der Waals surface area contributed by atoms with Crippen LogP contribution in [0.3, 0.4) is 0 Å². The Morgan fingerprint density at radius 1 is 1.19 bits per heavy atom. The maximum atomic E-state index is 12.8. The molecule has 6 nitrogen and oxygen atoms in total. The molecule has 4 heterocycles. The number of likely N-dealkylation sites (tertiary alicyclic amines) is 1. The van der Waals surface area contributed by atoms with Gasteiger partial charge in [-0.05, 0) is 56.7 Å². The van der Waals surface area contributed by atoms with Crippen molar-refractivity contribution in [3.8, 4) is 0 Å². The number of nitrogens with zero attached hydrogens (tertiary/aromatic N) is 5. The molecule has 0 aromatic carbocycles. The first-order valence-electron chi connectivity index (χ1n) is 9.70. The van der Waals surface area contributed by atoms with Crippen LogP contribution < -0.4 is 4.90 Å². The van der Waals surface area contributed by atoms with Gasteiger partial charge in [-0.25, -0.2) is 4.98 Å². The van der Waals surface area contributed by atoms with Crippen molar-refractivity contribution < 1.29 is 4.79 Å². The zero-order valence-corrected chi connectivity index (χ0v) is 15.4. The van der Waals surface area contributed by atoms with E-state index < -0.39 is 0 Å². The van der Waals surface area contributed by atoms with Crippen molar-refractivity contribution >= 4 is 11.7 Å². The highest BCUT2D eigenvalue weighted by Gasteiger charge is 2.25. The first kappa shape index (κ1) is 17.1. The second-order valence-electron chi connectivity index (χ2n) is 7.55. The molecule has 1 amide bonds. The fourth-order valence-corrected chi connectivity index (χ4v) is 4.13. The fraction of sp³-hybridized carbons (Fsp3) is 0.550. The lowest BCUT2D eigenvalue weighted by atomic mass is 9.96. The Balaban J connectivity index is 1.33. The topological polar surface area (TPSA) is 54.3 Å². The van der Waals surface area contributed by atoms with Gasteiger partial charge in [0.2, 0.25) is 0 Å². The van der Waals surface area contributed by atoms with Crippen LogP contribution in [0.25, 0.3) is 0 Å². The third-order valence-electron chi connectivity index (χ3n) is 5.75. The summed E-state index contributed by atoms with van der Waals surface area (Å²) in [6.45, 7) is 5.87. The van der Waals surface area contributed by atoms with E-state index in [2.05, 4.69) is 21.9 Å². The van der Waals surface area contributed by atoms with Gasteiger partial charge in [0.15, 0.2) is 0 Å². The van der Waals surface area contributed by atoms with E-state index in [4.69, 9.17) is 0 Å². The van der Waals surface area contributed by atoms with Crippen molar-refractivity contribution in [2.75, 3.05) is 24.5 Å². The number of pyridine rings is 1. The minimum Gasteiger partial charge on any atom is -0.354 e. The molecule has 4 rings (SSSR count). The molecular weight excluding hydrogens is 326 g/mol. The van der Waals surface area contributed by atoms with Crippen molar-refractivity contribution in [2.24, 2.45) is 5.92 Å². The number of rotatable bonds is 4. The largest absolute Gasteiger partial charge is 0.354 e. The van der Waals surface area contributed by atoms with Crippen LogP contribution in [0.5, 0.6) is 0 Å². The van der Waals surface area contributed by atoms with Gasteiger partial charge in [0.1, 0.15) is 5.82 Å². The van der Waals surface area contributed by atoms with Crippen molar-refractivity contribution in [1.82, 2.24) is 19.7 Å². The van der Waals surface area contributed by atoms with Crippen LogP contribution in [-0.4, -0.2) is 51.2 Å². The van der Waals surface area contributed by atoms with E-state index in [9.17, 15) is 4.79 Å². The van der Waals surface area contributed by atoms with Gasteiger partial charge < -0.3 is 9.80 Å². The van der Waals surface area contributed by atoms with Crippen LogP contribution in [0, 0.1) is 5.92 Å². The summed E-state index contributed by atoms with van der Waals surface area (Å²) in [4.78, 5) is 21.6. The zero-order chi connectivity index (χ0) is 17.9. The van der Waals surface area contributed by atoms with Gasteiger partial charge in [-0.3, -0.25) is 9.48 Å². The number of carbonyl (C=O) groups excluding carboxylic acids is 1. The number of aromatic nitrogens is 3. The molecular formula is C20H27N5O. The molecule has 2 aliphatic rings. The first-order chi connectivity index (χ1) is 12.7. The van der Waals surface area contributed by atoms with E-state index in [0.29, 0.717) is 17.5 Å². The minimum atomic E-state index is 0.107. The minimum absolute atomic E-state index is 0.107. The van der Waals surface area contributed by atoms with Gasteiger partial charge in [0.05, 0.1) is 5.56 Å². The molecule has 1 atom stereocenters. The van der Waals surface area contributed by atoms with Gasteiger partial charge in [-0.15, -0.1) is 0 Å². The highest BCUT2D eigenvalue weighted by atomic mass is 16.2. The predicted molar refractivity (Wildman–Crippen MR) is 101 cm³/mol. The van der Waals surface area contributed by atoms with Crippen molar-refractivity contribution in [2.45, 2.75) is 45.2 Å². The molecule has 6 heteroatoms. The average Bonchev–Trinajstić information content (AvgIpc) is 3.34. The molecule has 26 heavy (non-hydrogen) atoms. The fourth-order valence-electron chi connectivity index (χ4n) is 4.13. The lowest BCUT2D eigenvalue weighted by Gasteiger charge is -2.32. The third-order valence-corrected chi connectivity index (χ3v) is 5.75. The molecule has 2 aromatic rings. The summed E-state index contributed by atoms with van der Waals surface area (Å²) < 4.78 is 1.99. The number of hydrogen-bond acceptors (Lipinski definition) is 4. The van der Waals surface area contributed by atoms with Crippen LogP contribution in [-0.2, 0) is 6.54 Å². The Hall–Kier alpha value is -2.37. The SMILES string of the molecule is CC1CCCN1c1ccc(C(=O)N2CCC(Cn3cccn3)CC2)cn1. The Morgan fingerprint density at radius 3 is 2.65 bits per heavy atom. The standard InChI is InChI=1S/C20H27N5O/c1-16-4-2-11-25(16)19-6-5-18(14-21-19)20(26)23-12-7-17(8-13-23)15-24-10-3-9-22-24/h3,5-6,9-10,14,16-17H,2,4,7-8,11-13,15H2,1H3. The van der Waals surface area contributed by atoms with Crippen LogP contribution in [0.15, 0.2) is 36.8 Å². The molecule has 0 radical (unpaired) electrons. The van der Waals surface area contributed by atoms with E-state index in [-0.39, 0.29) is 5.91 Å². The van der Waals surface area contributed by atoms with E-state index in [1.54, 1.807) is 6.20 Å². The summed E-state index contributed by atoms with van der Waals surface area (Å²) in [7, 11) is 0. The summed E-state index contributed by atoms with van der Waals surface area (Å²) >= 11 is 0. The summed E-state index contributed by atoms with van der Waals surface area (Å²) in [5, 5.41) is 4.28. The molecule has 0 aliphatic carbocycles. The zero-order valence-electron chi connectivity index (χ0n) is 15.4. The molecule has 0 spiro atoms. The Labute approximate surface area is 154 Å². The van der Waals surface area contributed by atoms with E-state index in [0.717, 1.165) is 44.8 Å². The number of anilines is 1. The number of hydrogen-bond donors (Lipinski definition) is 0. The maximum absolute atomic E-state index is 12.8. The third kappa shape index (κ3) is 3.59. The molecule has 1 unspecified atom stereocenters. The second kappa shape index (κ2) is 7.48. The van der Waals surface area contributed by atoms with E-state index >= 15 is 0 Å². The molecule has 2 aromatic heterocycles. The number of carbonyl (C=O) groups is 1. The van der Waals surface area contributed by atoms with Gasteiger partial charge in [-0.1, -0.05) is 0 Å². The summed E-state index contributed by atoms with van der Waals surface area (Å²) in [5.74, 6) is 1.69. The molecule has 2 aliphatic heterocycles. The Morgan fingerprint density at radius 2 is 2.04 bits per heavy atom. The monoisotopic (exact) mass is 353 g/mol. The maximum Gasteiger partial charge on any atom is 0.255 e. The van der Waals surface area contributed by atoms with Crippen LogP contribution >= 0.6 is 0 Å². The van der Waals surface area contributed by atoms with E-state index in [1.807, 2.05) is 40.2 Å². The Bertz CT molecular complexity index is 719. The van der Waals surface area contributed by atoms with Crippen LogP contribution in [0.4, 0.5) is 5.82 Å². The van der Waals surface area contributed by atoms with E-state index in [1.165, 1.54) is 12.8 Å². The normalized spacial score (nSPS) is 21.3.